The van der Waals surface area contributed by atoms with Crippen LogP contribution in [0.25, 0.3) is 0 Å². The molecule has 0 radical (unpaired) electrons. The van der Waals surface area contributed by atoms with Gasteiger partial charge in [-0.3, -0.25) is 9.59 Å². The van der Waals surface area contributed by atoms with Gasteiger partial charge in [-0.1, -0.05) is 51.5 Å². The molecule has 2 aromatic carbocycles. The lowest BCUT2D eigenvalue weighted by Gasteiger charge is -2.20. The zero-order valence-electron chi connectivity index (χ0n) is 18.0. The smallest absolute Gasteiger partial charge is 0.265 e. The van der Waals surface area contributed by atoms with Gasteiger partial charge >= 0.3 is 0 Å². The quantitative estimate of drug-likeness (QED) is 0.583. The first-order valence-electron chi connectivity index (χ1n) is 10.3. The van der Waals surface area contributed by atoms with Crippen LogP contribution in [0, 0.1) is 6.92 Å². The van der Waals surface area contributed by atoms with Crippen molar-refractivity contribution in [2.45, 2.75) is 59.5 Å². The normalized spacial score (nSPS) is 11.8. The van der Waals surface area contributed by atoms with E-state index in [2.05, 4.69) is 31.4 Å². The molecule has 5 heteroatoms. The third-order valence-electron chi connectivity index (χ3n) is 4.71. The molecule has 0 aliphatic rings. The number of anilines is 1. The van der Waals surface area contributed by atoms with Gasteiger partial charge < -0.3 is 15.4 Å². The lowest BCUT2D eigenvalue weighted by atomic mass is 10.0. The molecule has 0 spiro atoms. The molecule has 1 atom stereocenters. The maximum absolute atomic E-state index is 12.8. The van der Waals surface area contributed by atoms with Crippen LogP contribution in [0.1, 0.15) is 67.9 Å². The van der Waals surface area contributed by atoms with E-state index in [0.717, 1.165) is 24.0 Å². The molecule has 0 bridgehead atoms. The number of hydrogen-bond donors (Lipinski definition) is 2. The maximum atomic E-state index is 12.8. The fourth-order valence-electron chi connectivity index (χ4n) is 2.96. The Labute approximate surface area is 173 Å². The second kappa shape index (κ2) is 10.6. The Balaban J connectivity index is 2.11. The molecule has 0 aliphatic carbocycles. The zero-order valence-corrected chi connectivity index (χ0v) is 18.0. The minimum atomic E-state index is -0.703. The van der Waals surface area contributed by atoms with Crippen LogP contribution < -0.4 is 15.4 Å². The summed E-state index contributed by atoms with van der Waals surface area (Å²) < 4.78 is 5.99. The number of unbranched alkanes of at least 4 members (excludes halogenated alkanes) is 1. The van der Waals surface area contributed by atoms with Gasteiger partial charge in [0.05, 0.1) is 11.3 Å². The number of carbonyl (C=O) groups is 2. The first-order chi connectivity index (χ1) is 13.8. The van der Waals surface area contributed by atoms with Crippen molar-refractivity contribution in [3.63, 3.8) is 0 Å². The van der Waals surface area contributed by atoms with Gasteiger partial charge in [-0.2, -0.15) is 0 Å². The Kier molecular flexibility index (Phi) is 8.25. The number of amides is 2. The van der Waals surface area contributed by atoms with E-state index in [4.69, 9.17) is 4.74 Å². The van der Waals surface area contributed by atoms with Crippen LogP contribution in [-0.2, 0) is 4.79 Å². The zero-order chi connectivity index (χ0) is 21.4. The highest BCUT2D eigenvalue weighted by Gasteiger charge is 2.20. The minimum Gasteiger partial charge on any atom is -0.481 e. The van der Waals surface area contributed by atoms with Crippen molar-refractivity contribution in [2.75, 3.05) is 11.9 Å². The summed E-state index contributed by atoms with van der Waals surface area (Å²) in [5, 5.41) is 5.73. The van der Waals surface area contributed by atoms with Crippen molar-refractivity contribution >= 4 is 17.5 Å². The molecule has 0 saturated heterocycles. The molecule has 0 unspecified atom stereocenters. The molecule has 5 nitrogen and oxygen atoms in total. The number of aryl methyl sites for hydroxylation is 1. The third-order valence-corrected chi connectivity index (χ3v) is 4.71. The first kappa shape index (κ1) is 22.5. The third kappa shape index (κ3) is 6.34. The fourth-order valence-corrected chi connectivity index (χ4v) is 2.96. The van der Waals surface area contributed by atoms with E-state index >= 15 is 0 Å². The van der Waals surface area contributed by atoms with E-state index in [9.17, 15) is 9.59 Å². The van der Waals surface area contributed by atoms with E-state index in [1.165, 1.54) is 0 Å². The van der Waals surface area contributed by atoms with Crippen molar-refractivity contribution in [3.8, 4) is 5.75 Å². The molecule has 0 saturated carbocycles. The lowest BCUT2D eigenvalue weighted by molar-refractivity contribution is -0.122. The Morgan fingerprint density at radius 2 is 1.79 bits per heavy atom. The molecule has 2 amide bonds. The molecule has 2 aromatic rings. The summed E-state index contributed by atoms with van der Waals surface area (Å²) in [7, 11) is 0. The van der Waals surface area contributed by atoms with Crippen molar-refractivity contribution in [1.29, 1.82) is 0 Å². The standard InChI is InChI=1S/C24H32N2O3/c1-6-7-14-25-24(28)20-10-8-9-11-21(20)26-23(27)18(5)29-22-15-17(4)12-13-19(22)16(2)3/h8-13,15-16,18H,6-7,14H2,1-5H3,(H,25,28)(H,26,27)/t18-/m1/s1. The fraction of sp³-hybridized carbons (Fsp3) is 0.417. The predicted octanol–water partition coefficient (Wildman–Crippen LogP) is 5.05. The lowest BCUT2D eigenvalue weighted by Crippen LogP contribution is -2.32. The molecule has 29 heavy (non-hydrogen) atoms. The van der Waals surface area contributed by atoms with Gasteiger partial charge in [-0.15, -0.1) is 0 Å². The van der Waals surface area contributed by atoms with Crippen LogP contribution >= 0.6 is 0 Å². The first-order valence-corrected chi connectivity index (χ1v) is 10.3. The molecule has 0 aliphatic heterocycles. The van der Waals surface area contributed by atoms with Gasteiger partial charge in [0.2, 0.25) is 0 Å². The van der Waals surface area contributed by atoms with E-state index in [1.807, 2.05) is 25.1 Å². The molecule has 0 fully saturated rings. The van der Waals surface area contributed by atoms with E-state index < -0.39 is 6.10 Å². The highest BCUT2D eigenvalue weighted by molar-refractivity contribution is 6.04. The summed E-state index contributed by atoms with van der Waals surface area (Å²) in [6.45, 7) is 10.6. The molecule has 0 heterocycles. The summed E-state index contributed by atoms with van der Waals surface area (Å²) in [5.74, 6) is 0.514. The predicted molar refractivity (Wildman–Crippen MR) is 118 cm³/mol. The highest BCUT2D eigenvalue weighted by Crippen LogP contribution is 2.28. The van der Waals surface area contributed by atoms with Crippen molar-refractivity contribution in [1.82, 2.24) is 5.32 Å². The number of rotatable bonds is 9. The van der Waals surface area contributed by atoms with Gasteiger partial charge in [0.15, 0.2) is 6.10 Å². The number of nitrogens with one attached hydrogen (secondary N) is 2. The van der Waals surface area contributed by atoms with E-state index in [0.29, 0.717) is 23.5 Å². The highest BCUT2D eigenvalue weighted by atomic mass is 16.5. The largest absolute Gasteiger partial charge is 0.481 e. The van der Waals surface area contributed by atoms with Gasteiger partial charge in [0.25, 0.3) is 11.8 Å². The van der Waals surface area contributed by atoms with Crippen LogP contribution in [0.5, 0.6) is 5.75 Å². The summed E-state index contributed by atoms with van der Waals surface area (Å²) in [4.78, 5) is 25.2. The average molecular weight is 397 g/mol. The van der Waals surface area contributed by atoms with E-state index in [1.54, 1.807) is 31.2 Å². The van der Waals surface area contributed by atoms with Gasteiger partial charge in [-0.05, 0) is 55.5 Å². The minimum absolute atomic E-state index is 0.191. The maximum Gasteiger partial charge on any atom is 0.265 e. The Bertz CT molecular complexity index is 846. The summed E-state index contributed by atoms with van der Waals surface area (Å²) in [6, 6.07) is 13.0. The van der Waals surface area contributed by atoms with Crippen molar-refractivity contribution in [2.24, 2.45) is 0 Å². The Hall–Kier alpha value is -2.82. The van der Waals surface area contributed by atoms with Gasteiger partial charge in [0.1, 0.15) is 5.75 Å². The van der Waals surface area contributed by atoms with Crippen molar-refractivity contribution in [3.05, 3.63) is 59.2 Å². The summed E-state index contributed by atoms with van der Waals surface area (Å²) in [5.41, 5.74) is 3.06. The molecular formula is C24H32N2O3. The second-order valence-electron chi connectivity index (χ2n) is 7.60. The molecule has 2 N–H and O–H groups in total. The monoisotopic (exact) mass is 396 g/mol. The molecule has 156 valence electrons. The molecular weight excluding hydrogens is 364 g/mol. The van der Waals surface area contributed by atoms with Crippen molar-refractivity contribution < 1.29 is 14.3 Å². The van der Waals surface area contributed by atoms with Gasteiger partial charge in [-0.25, -0.2) is 0 Å². The molecule has 0 aromatic heterocycles. The summed E-state index contributed by atoms with van der Waals surface area (Å²) >= 11 is 0. The van der Waals surface area contributed by atoms with E-state index in [-0.39, 0.29) is 17.7 Å². The summed E-state index contributed by atoms with van der Waals surface area (Å²) in [6.07, 6.45) is 1.22. The van der Waals surface area contributed by atoms with Crippen LogP contribution in [0.2, 0.25) is 0 Å². The van der Waals surface area contributed by atoms with Crippen LogP contribution in [-0.4, -0.2) is 24.5 Å². The number of hydrogen-bond acceptors (Lipinski definition) is 3. The van der Waals surface area contributed by atoms with Gasteiger partial charge in [0, 0.05) is 6.54 Å². The SMILES string of the molecule is CCCCNC(=O)c1ccccc1NC(=O)[C@@H](C)Oc1cc(C)ccc1C(C)C. The Morgan fingerprint density at radius 1 is 1.07 bits per heavy atom. The molecule has 2 rings (SSSR count). The Morgan fingerprint density at radius 3 is 2.48 bits per heavy atom. The second-order valence-corrected chi connectivity index (χ2v) is 7.60. The topological polar surface area (TPSA) is 67.4 Å². The van der Waals surface area contributed by atoms with Crippen LogP contribution in [0.15, 0.2) is 42.5 Å². The number of ether oxygens (including phenoxy) is 1. The number of carbonyl (C=O) groups excluding carboxylic acids is 2. The van der Waals surface area contributed by atoms with Crippen LogP contribution in [0.3, 0.4) is 0 Å². The van der Waals surface area contributed by atoms with Crippen LogP contribution in [0.4, 0.5) is 5.69 Å². The number of benzene rings is 2. The average Bonchev–Trinajstić information content (AvgIpc) is 2.68. The number of para-hydroxylation sites is 1.